The van der Waals surface area contributed by atoms with Gasteiger partial charge < -0.3 is 15.5 Å². The van der Waals surface area contributed by atoms with Gasteiger partial charge in [-0.1, -0.05) is 12.1 Å². The summed E-state index contributed by atoms with van der Waals surface area (Å²) >= 11 is 0. The van der Waals surface area contributed by atoms with Crippen molar-refractivity contribution in [2.75, 3.05) is 36.4 Å². The summed E-state index contributed by atoms with van der Waals surface area (Å²) in [6.07, 6.45) is 13.2. The summed E-state index contributed by atoms with van der Waals surface area (Å²) in [5, 5.41) is 11.5. The molecule has 0 radical (unpaired) electrons. The zero-order chi connectivity index (χ0) is 22.0. The Kier molecular flexibility index (Phi) is 5.20. The average Bonchev–Trinajstić information content (AvgIpc) is 3.53. The maximum Gasteiger partial charge on any atom is 0.246 e. The van der Waals surface area contributed by atoms with Gasteiger partial charge in [0.25, 0.3) is 0 Å². The number of piperazine rings is 1. The zero-order valence-electron chi connectivity index (χ0n) is 18.4. The maximum atomic E-state index is 4.85. The van der Waals surface area contributed by atoms with Gasteiger partial charge >= 0.3 is 0 Å². The van der Waals surface area contributed by atoms with Crippen LogP contribution in [0.3, 0.4) is 0 Å². The predicted octanol–water partition coefficient (Wildman–Crippen LogP) is 3.91. The lowest BCUT2D eigenvalue weighted by Gasteiger charge is -2.29. The van der Waals surface area contributed by atoms with Crippen LogP contribution < -0.4 is 15.5 Å². The van der Waals surface area contributed by atoms with Crippen molar-refractivity contribution in [1.82, 2.24) is 29.9 Å². The fourth-order valence-electron chi connectivity index (χ4n) is 4.65. The van der Waals surface area contributed by atoms with Gasteiger partial charge in [-0.25, -0.2) is 14.5 Å². The van der Waals surface area contributed by atoms with Crippen molar-refractivity contribution in [2.45, 2.75) is 19.3 Å². The van der Waals surface area contributed by atoms with Crippen LogP contribution in [0.1, 0.15) is 25.0 Å². The largest absolute Gasteiger partial charge is 0.368 e. The molecule has 8 heteroatoms. The van der Waals surface area contributed by atoms with Crippen LogP contribution in [0, 0.1) is 0 Å². The van der Waals surface area contributed by atoms with E-state index in [0.717, 1.165) is 72.9 Å². The van der Waals surface area contributed by atoms with Gasteiger partial charge in [-0.15, -0.1) is 5.10 Å². The molecule has 8 nitrogen and oxygen atoms in total. The van der Waals surface area contributed by atoms with Crippen LogP contribution in [0.2, 0.25) is 0 Å². The lowest BCUT2D eigenvalue weighted by atomic mass is 10.0. The molecule has 2 aliphatic rings. The topological polar surface area (TPSA) is 83.3 Å². The number of nitrogens with one attached hydrogen (secondary N) is 2. The van der Waals surface area contributed by atoms with Crippen molar-refractivity contribution in [1.29, 1.82) is 0 Å². The van der Waals surface area contributed by atoms with Gasteiger partial charge in [0.15, 0.2) is 0 Å². The maximum absolute atomic E-state index is 4.85. The third-order valence-corrected chi connectivity index (χ3v) is 6.31. The minimum Gasteiger partial charge on any atom is -0.368 e. The first-order valence-electron chi connectivity index (χ1n) is 11.5. The molecule has 4 aromatic rings. The molecule has 0 saturated carbocycles. The fourth-order valence-corrected chi connectivity index (χ4v) is 4.65. The number of rotatable bonds is 5. The smallest absolute Gasteiger partial charge is 0.246 e. The van der Waals surface area contributed by atoms with Gasteiger partial charge in [0.2, 0.25) is 5.95 Å². The second kappa shape index (κ2) is 8.63. The Hall–Kier alpha value is -3.78. The van der Waals surface area contributed by atoms with Gasteiger partial charge in [0, 0.05) is 49.7 Å². The van der Waals surface area contributed by atoms with Gasteiger partial charge in [-0.3, -0.25) is 4.98 Å². The third-order valence-electron chi connectivity index (χ3n) is 6.31. The SMILES string of the molecule is C1=C(c2c(-c3cccnc3)cc3cnc(Nc4ccc(N5CCNCC5)cn4)nn23)CCC1. The van der Waals surface area contributed by atoms with Crippen LogP contribution in [0.4, 0.5) is 17.5 Å². The molecule has 33 heavy (non-hydrogen) atoms. The van der Waals surface area contributed by atoms with Crippen molar-refractivity contribution in [3.63, 3.8) is 0 Å². The van der Waals surface area contributed by atoms with E-state index in [-0.39, 0.29) is 0 Å². The Bertz CT molecular complexity index is 1290. The molecule has 1 aliphatic carbocycles. The summed E-state index contributed by atoms with van der Waals surface area (Å²) in [4.78, 5) is 15.8. The van der Waals surface area contributed by atoms with Crippen LogP contribution in [0.5, 0.6) is 0 Å². The van der Waals surface area contributed by atoms with Crippen molar-refractivity contribution in [2.24, 2.45) is 0 Å². The highest BCUT2D eigenvalue weighted by atomic mass is 15.3. The highest BCUT2D eigenvalue weighted by Crippen LogP contribution is 2.36. The van der Waals surface area contributed by atoms with E-state index in [1.54, 1.807) is 6.20 Å². The molecule has 166 valence electrons. The number of nitrogens with zero attached hydrogens (tertiary/aromatic N) is 6. The Morgan fingerprint density at radius 3 is 2.70 bits per heavy atom. The molecule has 0 spiro atoms. The first-order chi connectivity index (χ1) is 16.3. The number of hydrogen-bond donors (Lipinski definition) is 2. The normalized spacial score (nSPS) is 16.2. The first kappa shape index (κ1) is 19.9. The molecule has 0 atom stereocenters. The number of anilines is 3. The molecule has 5 heterocycles. The standard InChI is InChI=1S/C25H26N8/c1-2-5-18(4-1)24-22(19-6-3-9-27-15-19)14-21-17-29-25(31-33(21)24)30-23-8-7-20(16-28-23)32-12-10-26-11-13-32/h3-4,6-9,14-17,26H,1-2,5,10-13H2,(H,28,30,31). The van der Waals surface area contributed by atoms with Crippen molar-refractivity contribution >= 4 is 28.5 Å². The number of fused-ring (bicyclic) bond motifs is 1. The van der Waals surface area contributed by atoms with Crippen LogP contribution >= 0.6 is 0 Å². The fraction of sp³-hybridized carbons (Fsp3) is 0.280. The van der Waals surface area contributed by atoms with E-state index in [0.29, 0.717) is 5.95 Å². The van der Waals surface area contributed by atoms with Gasteiger partial charge in [-0.2, -0.15) is 0 Å². The lowest BCUT2D eigenvalue weighted by Crippen LogP contribution is -2.43. The molecule has 0 aromatic carbocycles. The van der Waals surface area contributed by atoms with Crippen LogP contribution in [0.25, 0.3) is 22.2 Å². The Balaban J connectivity index is 1.33. The van der Waals surface area contributed by atoms with Crippen LogP contribution in [-0.4, -0.2) is 50.7 Å². The Labute approximate surface area is 192 Å². The highest BCUT2D eigenvalue weighted by Gasteiger charge is 2.20. The van der Waals surface area contributed by atoms with Crippen molar-refractivity contribution < 1.29 is 0 Å². The van der Waals surface area contributed by atoms with E-state index in [2.05, 4.69) is 54.8 Å². The van der Waals surface area contributed by atoms with E-state index < -0.39 is 0 Å². The minimum absolute atomic E-state index is 0.526. The second-order valence-electron chi connectivity index (χ2n) is 8.45. The minimum atomic E-state index is 0.526. The molecule has 1 fully saturated rings. The Morgan fingerprint density at radius 2 is 1.94 bits per heavy atom. The average molecular weight is 439 g/mol. The molecule has 0 unspecified atom stereocenters. The number of pyridine rings is 2. The summed E-state index contributed by atoms with van der Waals surface area (Å²) in [6, 6.07) is 10.3. The Morgan fingerprint density at radius 1 is 1.00 bits per heavy atom. The summed E-state index contributed by atoms with van der Waals surface area (Å²) in [5.41, 5.74) is 6.79. The van der Waals surface area contributed by atoms with Crippen molar-refractivity contribution in [3.8, 4) is 11.1 Å². The third kappa shape index (κ3) is 3.93. The van der Waals surface area contributed by atoms with Crippen LogP contribution in [0.15, 0.2) is 61.2 Å². The molecular weight excluding hydrogens is 412 g/mol. The molecule has 2 N–H and O–H groups in total. The number of hydrogen-bond acceptors (Lipinski definition) is 7. The monoisotopic (exact) mass is 438 g/mol. The molecule has 0 bridgehead atoms. The molecule has 0 amide bonds. The van der Waals surface area contributed by atoms with Crippen molar-refractivity contribution in [3.05, 3.63) is 66.9 Å². The molecular formula is C25H26N8. The molecule has 1 aliphatic heterocycles. The lowest BCUT2D eigenvalue weighted by molar-refractivity contribution is 0.589. The quantitative estimate of drug-likeness (QED) is 0.489. The zero-order valence-corrected chi connectivity index (χ0v) is 18.4. The van der Waals surface area contributed by atoms with Gasteiger partial charge in [-0.05, 0) is 49.1 Å². The summed E-state index contributed by atoms with van der Waals surface area (Å²) in [6.45, 7) is 4.01. The predicted molar refractivity (Wildman–Crippen MR) is 131 cm³/mol. The first-order valence-corrected chi connectivity index (χ1v) is 11.5. The van der Waals surface area contributed by atoms with Gasteiger partial charge in [0.05, 0.1) is 29.3 Å². The molecule has 4 aromatic heterocycles. The van der Waals surface area contributed by atoms with E-state index in [4.69, 9.17) is 5.10 Å². The number of allylic oxidation sites excluding steroid dienone is 2. The molecule has 6 rings (SSSR count). The highest BCUT2D eigenvalue weighted by molar-refractivity contribution is 5.84. The van der Waals surface area contributed by atoms with E-state index >= 15 is 0 Å². The summed E-state index contributed by atoms with van der Waals surface area (Å²) < 4.78 is 2.00. The van der Waals surface area contributed by atoms with E-state index in [1.807, 2.05) is 35.2 Å². The number of aromatic nitrogens is 5. The molecule has 1 saturated heterocycles. The second-order valence-corrected chi connectivity index (χ2v) is 8.45. The van der Waals surface area contributed by atoms with Crippen LogP contribution in [-0.2, 0) is 0 Å². The summed E-state index contributed by atoms with van der Waals surface area (Å²) in [5.74, 6) is 1.26. The van der Waals surface area contributed by atoms with Gasteiger partial charge in [0.1, 0.15) is 5.82 Å². The van der Waals surface area contributed by atoms with E-state index in [1.165, 1.54) is 12.0 Å². The van der Waals surface area contributed by atoms with E-state index in [9.17, 15) is 0 Å². The summed E-state index contributed by atoms with van der Waals surface area (Å²) in [7, 11) is 0.